The Hall–Kier alpha value is -2.70. The summed E-state index contributed by atoms with van der Waals surface area (Å²) in [6.07, 6.45) is 1.45. The number of anilines is 1. The second-order valence-electron chi connectivity index (χ2n) is 7.54. The third kappa shape index (κ3) is 4.83. The van der Waals surface area contributed by atoms with E-state index in [9.17, 15) is 9.59 Å². The van der Waals surface area contributed by atoms with E-state index in [1.54, 1.807) is 17.0 Å². The van der Waals surface area contributed by atoms with Crippen LogP contribution in [0.4, 0.5) is 5.69 Å². The number of carbonyl (C=O) groups is 2. The molecule has 0 aromatic heterocycles. The SMILES string of the molecule is O=C(NCc1ccccc1CN1CCOCC1)c1cccc(N2CCCC2=O)c1. The van der Waals surface area contributed by atoms with Crippen molar-refractivity contribution in [2.45, 2.75) is 25.9 Å². The highest BCUT2D eigenvalue weighted by Crippen LogP contribution is 2.22. The Labute approximate surface area is 171 Å². The lowest BCUT2D eigenvalue weighted by molar-refractivity contribution is -0.117. The molecule has 2 aromatic carbocycles. The average Bonchev–Trinajstić information content (AvgIpc) is 3.19. The lowest BCUT2D eigenvalue weighted by Gasteiger charge is -2.27. The average molecular weight is 393 g/mol. The zero-order valence-corrected chi connectivity index (χ0v) is 16.6. The van der Waals surface area contributed by atoms with E-state index in [1.807, 2.05) is 24.3 Å². The Morgan fingerprint density at radius 2 is 1.79 bits per heavy atom. The molecule has 0 bridgehead atoms. The number of ether oxygens (including phenoxy) is 1. The lowest BCUT2D eigenvalue weighted by atomic mass is 10.1. The Morgan fingerprint density at radius 1 is 1.00 bits per heavy atom. The van der Waals surface area contributed by atoms with Gasteiger partial charge in [0.1, 0.15) is 0 Å². The van der Waals surface area contributed by atoms with Crippen molar-refractivity contribution in [3.63, 3.8) is 0 Å². The Morgan fingerprint density at radius 3 is 2.55 bits per heavy atom. The third-order valence-electron chi connectivity index (χ3n) is 5.55. The van der Waals surface area contributed by atoms with Crippen molar-refractivity contribution >= 4 is 17.5 Å². The molecular weight excluding hydrogens is 366 g/mol. The third-order valence-corrected chi connectivity index (χ3v) is 5.55. The smallest absolute Gasteiger partial charge is 0.251 e. The van der Waals surface area contributed by atoms with Gasteiger partial charge in [-0.3, -0.25) is 14.5 Å². The van der Waals surface area contributed by atoms with Gasteiger partial charge in [-0.2, -0.15) is 0 Å². The highest BCUT2D eigenvalue weighted by Gasteiger charge is 2.22. The zero-order chi connectivity index (χ0) is 20.1. The van der Waals surface area contributed by atoms with Gasteiger partial charge in [-0.05, 0) is 35.7 Å². The van der Waals surface area contributed by atoms with Crippen LogP contribution in [-0.4, -0.2) is 49.6 Å². The number of nitrogens with one attached hydrogen (secondary N) is 1. The molecule has 29 heavy (non-hydrogen) atoms. The molecule has 2 saturated heterocycles. The van der Waals surface area contributed by atoms with Gasteiger partial charge in [0.05, 0.1) is 13.2 Å². The summed E-state index contributed by atoms with van der Waals surface area (Å²) in [5, 5.41) is 3.04. The van der Waals surface area contributed by atoms with Crippen molar-refractivity contribution < 1.29 is 14.3 Å². The monoisotopic (exact) mass is 393 g/mol. The van der Waals surface area contributed by atoms with Crippen LogP contribution >= 0.6 is 0 Å². The van der Waals surface area contributed by atoms with E-state index in [0.29, 0.717) is 18.5 Å². The minimum atomic E-state index is -0.125. The molecule has 0 aliphatic carbocycles. The van der Waals surface area contributed by atoms with Crippen molar-refractivity contribution in [2.24, 2.45) is 0 Å². The molecule has 0 radical (unpaired) electrons. The molecule has 1 N–H and O–H groups in total. The van der Waals surface area contributed by atoms with Crippen molar-refractivity contribution in [1.82, 2.24) is 10.2 Å². The molecule has 4 rings (SSSR count). The van der Waals surface area contributed by atoms with E-state index in [0.717, 1.165) is 57.1 Å². The predicted octanol–water partition coefficient (Wildman–Crippen LogP) is 2.58. The van der Waals surface area contributed by atoms with Gasteiger partial charge in [0.15, 0.2) is 0 Å². The Bertz CT molecular complexity index is 877. The molecule has 2 aliphatic rings. The summed E-state index contributed by atoms with van der Waals surface area (Å²) in [5.41, 5.74) is 3.73. The number of morpholine rings is 1. The van der Waals surface area contributed by atoms with E-state index < -0.39 is 0 Å². The van der Waals surface area contributed by atoms with Gasteiger partial charge in [0, 0.05) is 50.4 Å². The van der Waals surface area contributed by atoms with Crippen LogP contribution < -0.4 is 10.2 Å². The molecule has 6 heteroatoms. The van der Waals surface area contributed by atoms with Gasteiger partial charge in [-0.15, -0.1) is 0 Å². The second-order valence-corrected chi connectivity index (χ2v) is 7.54. The van der Waals surface area contributed by atoms with E-state index in [-0.39, 0.29) is 11.8 Å². The Balaban J connectivity index is 1.40. The molecule has 0 spiro atoms. The summed E-state index contributed by atoms with van der Waals surface area (Å²) in [7, 11) is 0. The van der Waals surface area contributed by atoms with Crippen LogP contribution in [0.25, 0.3) is 0 Å². The van der Waals surface area contributed by atoms with Crippen molar-refractivity contribution in [2.75, 3.05) is 37.7 Å². The maximum Gasteiger partial charge on any atom is 0.251 e. The summed E-state index contributed by atoms with van der Waals surface area (Å²) >= 11 is 0. The number of nitrogens with zero attached hydrogens (tertiary/aromatic N) is 2. The molecule has 2 fully saturated rings. The van der Waals surface area contributed by atoms with Crippen LogP contribution in [0, 0.1) is 0 Å². The number of hydrogen-bond acceptors (Lipinski definition) is 4. The summed E-state index contributed by atoms with van der Waals surface area (Å²) in [5.74, 6) is -0.000676. The van der Waals surface area contributed by atoms with Gasteiger partial charge in [0.25, 0.3) is 5.91 Å². The fraction of sp³-hybridized carbons (Fsp3) is 0.391. The molecule has 6 nitrogen and oxygen atoms in total. The highest BCUT2D eigenvalue weighted by molar-refractivity contribution is 5.99. The molecule has 2 aromatic rings. The normalized spacial score (nSPS) is 17.5. The molecule has 2 amide bonds. The van der Waals surface area contributed by atoms with Crippen LogP contribution in [0.3, 0.4) is 0 Å². The van der Waals surface area contributed by atoms with E-state index in [4.69, 9.17) is 4.74 Å². The van der Waals surface area contributed by atoms with Crippen molar-refractivity contribution in [3.8, 4) is 0 Å². The summed E-state index contributed by atoms with van der Waals surface area (Å²) in [6, 6.07) is 15.5. The molecular formula is C23H27N3O3. The largest absolute Gasteiger partial charge is 0.379 e. The molecule has 152 valence electrons. The molecule has 0 saturated carbocycles. The van der Waals surface area contributed by atoms with Crippen molar-refractivity contribution in [1.29, 1.82) is 0 Å². The van der Waals surface area contributed by atoms with Crippen molar-refractivity contribution in [3.05, 3.63) is 65.2 Å². The molecule has 0 unspecified atom stereocenters. The predicted molar refractivity (Wildman–Crippen MR) is 112 cm³/mol. The van der Waals surface area contributed by atoms with Crippen LogP contribution in [0.2, 0.25) is 0 Å². The number of benzene rings is 2. The first-order chi connectivity index (χ1) is 14.2. The fourth-order valence-electron chi connectivity index (χ4n) is 3.90. The van der Waals surface area contributed by atoms with Crippen LogP contribution in [0.15, 0.2) is 48.5 Å². The minimum absolute atomic E-state index is 0.125. The van der Waals surface area contributed by atoms with Gasteiger partial charge < -0.3 is 15.0 Å². The zero-order valence-electron chi connectivity index (χ0n) is 16.6. The van der Waals surface area contributed by atoms with Gasteiger partial charge >= 0.3 is 0 Å². The number of hydrogen-bond donors (Lipinski definition) is 1. The second kappa shape index (κ2) is 9.20. The Kier molecular flexibility index (Phi) is 6.22. The quantitative estimate of drug-likeness (QED) is 0.820. The number of rotatable bonds is 6. The standard InChI is InChI=1S/C23H27N3O3/c27-22-9-4-10-26(22)21-8-3-7-18(15-21)23(28)24-16-19-5-1-2-6-20(19)17-25-11-13-29-14-12-25/h1-3,5-8,15H,4,9-14,16-17H2,(H,24,28). The van der Waals surface area contributed by atoms with Crippen LogP contribution in [0.1, 0.15) is 34.3 Å². The van der Waals surface area contributed by atoms with Crippen LogP contribution in [0.5, 0.6) is 0 Å². The van der Waals surface area contributed by atoms with E-state index in [1.165, 1.54) is 5.56 Å². The maximum absolute atomic E-state index is 12.7. The molecule has 0 atom stereocenters. The first-order valence-electron chi connectivity index (χ1n) is 10.3. The number of amides is 2. The summed E-state index contributed by atoms with van der Waals surface area (Å²) in [4.78, 5) is 28.8. The summed E-state index contributed by atoms with van der Waals surface area (Å²) < 4.78 is 5.43. The highest BCUT2D eigenvalue weighted by atomic mass is 16.5. The maximum atomic E-state index is 12.7. The molecule has 2 heterocycles. The minimum Gasteiger partial charge on any atom is -0.379 e. The topological polar surface area (TPSA) is 61.9 Å². The van der Waals surface area contributed by atoms with Gasteiger partial charge in [-0.25, -0.2) is 0 Å². The van der Waals surface area contributed by atoms with E-state index >= 15 is 0 Å². The first-order valence-corrected chi connectivity index (χ1v) is 10.3. The fourth-order valence-corrected chi connectivity index (χ4v) is 3.90. The first kappa shape index (κ1) is 19.6. The van der Waals surface area contributed by atoms with E-state index in [2.05, 4.69) is 22.3 Å². The lowest BCUT2D eigenvalue weighted by Crippen LogP contribution is -2.36. The van der Waals surface area contributed by atoms with Crippen LogP contribution in [-0.2, 0) is 22.6 Å². The van der Waals surface area contributed by atoms with Gasteiger partial charge in [-0.1, -0.05) is 30.3 Å². The molecule has 2 aliphatic heterocycles. The van der Waals surface area contributed by atoms with Gasteiger partial charge in [0.2, 0.25) is 5.91 Å². The summed E-state index contributed by atoms with van der Waals surface area (Å²) in [6.45, 7) is 5.47. The number of carbonyl (C=O) groups excluding carboxylic acids is 2.